The van der Waals surface area contributed by atoms with Gasteiger partial charge in [-0.15, -0.1) is 0 Å². The van der Waals surface area contributed by atoms with Gasteiger partial charge < -0.3 is 4.90 Å². The number of anilines is 1. The van der Waals surface area contributed by atoms with Gasteiger partial charge in [-0.3, -0.25) is 19.8 Å². The van der Waals surface area contributed by atoms with Crippen molar-refractivity contribution in [2.75, 3.05) is 18.2 Å². The molecule has 0 aromatic carbocycles. The lowest BCUT2D eigenvalue weighted by Crippen LogP contribution is -2.37. The average Bonchev–Trinajstić information content (AvgIpc) is 2.94. The van der Waals surface area contributed by atoms with Crippen molar-refractivity contribution in [3.8, 4) is 5.69 Å². The lowest BCUT2D eigenvalue weighted by molar-refractivity contribution is -0.125. The first kappa shape index (κ1) is 27.8. The molecule has 2 aromatic heterocycles. The molecule has 210 valence electrons. The first-order valence-corrected chi connectivity index (χ1v) is 13.0. The molecule has 2 aliphatic heterocycles. The molecule has 0 spiro atoms. The van der Waals surface area contributed by atoms with Crippen molar-refractivity contribution in [1.82, 2.24) is 19.4 Å². The third kappa shape index (κ3) is 4.67. The van der Waals surface area contributed by atoms with Gasteiger partial charge in [-0.05, 0) is 60.8 Å². The lowest BCUT2D eigenvalue weighted by atomic mass is 9.95. The van der Waals surface area contributed by atoms with Gasteiger partial charge in [-0.2, -0.15) is 4.98 Å². The standard InChI is InChI=1S/C30H27F2N5O4/c1-5-23(39)35-13-10-18(11-14-35)26-19-15-21(32)28(24-20(31)7-6-8-22(24)38)37(41)29(19)36(30(40)34-26)27-17(4)9-12-33-25(27)16(2)3/h5-10,12,15-16,41H,1,11,13-14H2,2-4H3/b28-24-. The van der Waals surface area contributed by atoms with E-state index in [0.717, 1.165) is 22.8 Å². The molecule has 0 saturated carbocycles. The van der Waals surface area contributed by atoms with Crippen molar-refractivity contribution < 1.29 is 23.6 Å². The van der Waals surface area contributed by atoms with Gasteiger partial charge >= 0.3 is 5.69 Å². The monoisotopic (exact) mass is 559 g/mol. The quantitative estimate of drug-likeness (QED) is 0.545. The maximum Gasteiger partial charge on any atom is 0.354 e. The molecule has 0 atom stereocenters. The van der Waals surface area contributed by atoms with Gasteiger partial charge in [0, 0.05) is 24.8 Å². The number of hydrogen-bond acceptors (Lipinski definition) is 7. The third-order valence-corrected chi connectivity index (χ3v) is 7.15. The van der Waals surface area contributed by atoms with Crippen molar-refractivity contribution in [2.24, 2.45) is 0 Å². The second kappa shape index (κ2) is 10.7. The fourth-order valence-electron chi connectivity index (χ4n) is 5.17. The molecule has 2 aromatic rings. The van der Waals surface area contributed by atoms with Gasteiger partial charge in [0.15, 0.2) is 17.4 Å². The van der Waals surface area contributed by atoms with Crippen LogP contribution >= 0.6 is 0 Å². The molecular weight excluding hydrogens is 532 g/mol. The van der Waals surface area contributed by atoms with Crippen LogP contribution in [0.2, 0.25) is 0 Å². The number of allylic oxidation sites excluding steroid dienone is 6. The van der Waals surface area contributed by atoms with E-state index in [1.807, 2.05) is 13.8 Å². The molecule has 0 unspecified atom stereocenters. The van der Waals surface area contributed by atoms with Gasteiger partial charge in [-0.25, -0.2) is 23.2 Å². The molecule has 4 heterocycles. The Balaban J connectivity index is 1.84. The van der Waals surface area contributed by atoms with E-state index < -0.39 is 34.4 Å². The van der Waals surface area contributed by atoms with E-state index in [9.17, 15) is 24.0 Å². The molecule has 0 fully saturated rings. The molecule has 11 heteroatoms. The summed E-state index contributed by atoms with van der Waals surface area (Å²) in [5, 5.41) is 11.9. The number of nitrogens with zero attached hydrogens (tertiary/aromatic N) is 5. The van der Waals surface area contributed by atoms with Gasteiger partial charge in [0.1, 0.15) is 11.5 Å². The molecule has 0 bridgehead atoms. The zero-order valence-electron chi connectivity index (χ0n) is 22.7. The highest BCUT2D eigenvalue weighted by atomic mass is 19.1. The van der Waals surface area contributed by atoms with Crippen LogP contribution in [-0.2, 0) is 9.59 Å². The van der Waals surface area contributed by atoms with Crippen LogP contribution in [0.25, 0.3) is 17.3 Å². The molecular formula is C30H27F2N5O4. The fourth-order valence-corrected chi connectivity index (χ4v) is 5.17. The Hall–Kier alpha value is -4.77. The molecule has 0 saturated heterocycles. The van der Waals surface area contributed by atoms with E-state index in [-0.39, 0.29) is 35.4 Å². The number of pyridine rings is 1. The summed E-state index contributed by atoms with van der Waals surface area (Å²) in [6, 6.07) is 1.68. The summed E-state index contributed by atoms with van der Waals surface area (Å²) in [6.07, 6.45) is 9.04. The van der Waals surface area contributed by atoms with Crippen LogP contribution in [0.5, 0.6) is 0 Å². The molecule has 1 N–H and O–H groups in total. The summed E-state index contributed by atoms with van der Waals surface area (Å²) in [4.78, 5) is 48.9. The summed E-state index contributed by atoms with van der Waals surface area (Å²) in [7, 11) is 0. The number of halogens is 2. The third-order valence-electron chi connectivity index (χ3n) is 7.15. The highest BCUT2D eigenvalue weighted by Crippen LogP contribution is 2.42. The highest BCUT2D eigenvalue weighted by molar-refractivity contribution is 6.10. The largest absolute Gasteiger partial charge is 0.354 e. The van der Waals surface area contributed by atoms with Crippen LogP contribution in [0.1, 0.15) is 48.7 Å². The maximum atomic E-state index is 15.8. The van der Waals surface area contributed by atoms with Crippen molar-refractivity contribution in [1.29, 1.82) is 0 Å². The van der Waals surface area contributed by atoms with Crippen LogP contribution in [0.4, 0.5) is 14.6 Å². The molecule has 3 aliphatic rings. The van der Waals surface area contributed by atoms with Crippen LogP contribution in [0.3, 0.4) is 0 Å². The summed E-state index contributed by atoms with van der Waals surface area (Å²) < 4.78 is 31.8. The molecule has 0 radical (unpaired) electrons. The average molecular weight is 560 g/mol. The zero-order chi connectivity index (χ0) is 29.6. The minimum Gasteiger partial charge on any atom is -0.335 e. The molecule has 5 rings (SSSR count). The number of carbonyl (C=O) groups excluding carboxylic acids is 2. The van der Waals surface area contributed by atoms with E-state index in [4.69, 9.17) is 0 Å². The molecule has 1 aliphatic carbocycles. The lowest BCUT2D eigenvalue weighted by Gasteiger charge is -2.32. The Morgan fingerprint density at radius 2 is 1.98 bits per heavy atom. The number of ketones is 1. The second-order valence-corrected chi connectivity index (χ2v) is 10.1. The zero-order valence-corrected chi connectivity index (χ0v) is 22.7. The summed E-state index contributed by atoms with van der Waals surface area (Å²) in [6.45, 7) is 9.52. The number of hydrogen-bond donors (Lipinski definition) is 1. The van der Waals surface area contributed by atoms with Crippen LogP contribution in [-0.4, -0.2) is 49.4 Å². The minimum absolute atomic E-state index is 0.0462. The van der Waals surface area contributed by atoms with Gasteiger partial charge in [0.25, 0.3) is 0 Å². The smallest absolute Gasteiger partial charge is 0.335 e. The topological polar surface area (TPSA) is 109 Å². The SMILES string of the molecule is C=CC(=O)N1CC=C(c2nc(=O)n(-c3c(C)ccnc3C(C)C)c3c2C=C(F)/C(=C2/C(=O)C=CC=C2F)N3O)CC1. The molecule has 41 heavy (non-hydrogen) atoms. The Labute approximate surface area is 234 Å². The van der Waals surface area contributed by atoms with Crippen LogP contribution < -0.4 is 10.8 Å². The van der Waals surface area contributed by atoms with Crippen LogP contribution in [0, 0.1) is 6.92 Å². The van der Waals surface area contributed by atoms with E-state index in [1.165, 1.54) is 12.2 Å². The summed E-state index contributed by atoms with van der Waals surface area (Å²) in [5.74, 6) is -3.62. The predicted octanol–water partition coefficient (Wildman–Crippen LogP) is 4.63. The van der Waals surface area contributed by atoms with E-state index in [1.54, 1.807) is 30.2 Å². The second-order valence-electron chi connectivity index (χ2n) is 10.1. The summed E-state index contributed by atoms with van der Waals surface area (Å²) in [5.41, 5.74) is -0.0536. The number of hydroxylamine groups is 1. The predicted molar refractivity (Wildman–Crippen MR) is 150 cm³/mol. The Morgan fingerprint density at radius 3 is 2.61 bits per heavy atom. The molecule has 9 nitrogen and oxygen atoms in total. The van der Waals surface area contributed by atoms with Crippen molar-refractivity contribution in [3.05, 3.63) is 105 Å². The highest BCUT2D eigenvalue weighted by Gasteiger charge is 2.36. The Bertz CT molecular complexity index is 1730. The number of carbonyl (C=O) groups is 2. The number of aromatic nitrogens is 3. The van der Waals surface area contributed by atoms with E-state index >= 15 is 4.39 Å². The minimum atomic E-state index is -1.10. The van der Waals surface area contributed by atoms with Crippen molar-refractivity contribution in [3.63, 3.8) is 0 Å². The number of aryl methyl sites for hydroxylation is 1. The Kier molecular flexibility index (Phi) is 7.22. The fraction of sp³-hybridized carbons (Fsp3) is 0.233. The Morgan fingerprint density at radius 1 is 1.22 bits per heavy atom. The molecule has 1 amide bonds. The van der Waals surface area contributed by atoms with Crippen molar-refractivity contribution >= 4 is 29.2 Å². The first-order chi connectivity index (χ1) is 19.5. The van der Waals surface area contributed by atoms with Crippen molar-refractivity contribution in [2.45, 2.75) is 33.1 Å². The van der Waals surface area contributed by atoms with Gasteiger partial charge in [0.05, 0.1) is 22.6 Å². The van der Waals surface area contributed by atoms with E-state index in [0.29, 0.717) is 40.5 Å². The van der Waals surface area contributed by atoms with Gasteiger partial charge in [-0.1, -0.05) is 32.6 Å². The van der Waals surface area contributed by atoms with Crippen LogP contribution in [0.15, 0.2) is 76.9 Å². The normalized spacial score (nSPS) is 18.7. The first-order valence-electron chi connectivity index (χ1n) is 13.0. The number of fused-ring (bicyclic) bond motifs is 1. The van der Waals surface area contributed by atoms with E-state index in [2.05, 4.69) is 16.5 Å². The number of rotatable bonds is 4. The number of amides is 1. The summed E-state index contributed by atoms with van der Waals surface area (Å²) >= 11 is 0. The van der Waals surface area contributed by atoms with Gasteiger partial charge in [0.2, 0.25) is 5.91 Å². The maximum absolute atomic E-state index is 15.8.